The maximum absolute atomic E-state index is 12.5. The fourth-order valence-corrected chi connectivity index (χ4v) is 3.62. The van der Waals surface area contributed by atoms with E-state index < -0.39 is 5.54 Å². The Labute approximate surface area is 128 Å². The van der Waals surface area contributed by atoms with Crippen molar-refractivity contribution >= 4 is 5.97 Å². The molecule has 5 nitrogen and oxygen atoms in total. The van der Waals surface area contributed by atoms with Gasteiger partial charge in [-0.25, -0.2) is 4.79 Å². The number of nitrogens with zero attached hydrogens (tertiary/aromatic N) is 1. The predicted octanol–water partition coefficient (Wildman–Crippen LogP) is 1.42. The third kappa shape index (κ3) is 3.96. The van der Waals surface area contributed by atoms with Gasteiger partial charge in [-0.15, -0.1) is 0 Å². The Morgan fingerprint density at radius 3 is 2.33 bits per heavy atom. The molecule has 0 aromatic rings. The molecule has 2 rings (SSSR count). The van der Waals surface area contributed by atoms with E-state index in [2.05, 4.69) is 37.9 Å². The summed E-state index contributed by atoms with van der Waals surface area (Å²) < 4.78 is 11.0. The zero-order chi connectivity index (χ0) is 15.6. The summed E-state index contributed by atoms with van der Waals surface area (Å²) in [6, 6.07) is 0.251. The van der Waals surface area contributed by atoms with Crippen molar-refractivity contribution < 1.29 is 14.3 Å². The second kappa shape index (κ2) is 6.63. The van der Waals surface area contributed by atoms with Crippen LogP contribution in [0.4, 0.5) is 0 Å². The number of ether oxygens (including phenoxy) is 2. The molecular formula is C16H30N2O3. The molecule has 2 fully saturated rings. The molecular weight excluding hydrogens is 268 g/mol. The van der Waals surface area contributed by atoms with Crippen molar-refractivity contribution in [2.75, 3.05) is 26.7 Å². The van der Waals surface area contributed by atoms with Crippen molar-refractivity contribution in [2.45, 2.75) is 64.3 Å². The lowest BCUT2D eigenvalue weighted by molar-refractivity contribution is -0.153. The molecule has 3 atom stereocenters. The standard InChI is InChI=1S/C16H30N2O3/c1-11(2)17-16(14-6-7-14,15(19)20-5)10-18-8-12(3)21-13(4)9-18/h11-14,17H,6-10H2,1-5H3. The number of esters is 1. The number of hydrogen-bond acceptors (Lipinski definition) is 5. The van der Waals surface area contributed by atoms with Crippen molar-refractivity contribution in [3.8, 4) is 0 Å². The molecule has 0 radical (unpaired) electrons. The van der Waals surface area contributed by atoms with E-state index >= 15 is 0 Å². The smallest absolute Gasteiger partial charge is 0.327 e. The van der Waals surface area contributed by atoms with Gasteiger partial charge in [0.1, 0.15) is 5.54 Å². The maximum Gasteiger partial charge on any atom is 0.327 e. The molecule has 0 amide bonds. The molecule has 0 spiro atoms. The molecule has 0 bridgehead atoms. The largest absolute Gasteiger partial charge is 0.468 e. The molecule has 0 aromatic carbocycles. The Morgan fingerprint density at radius 1 is 1.33 bits per heavy atom. The molecule has 21 heavy (non-hydrogen) atoms. The topological polar surface area (TPSA) is 50.8 Å². The van der Waals surface area contributed by atoms with Crippen LogP contribution >= 0.6 is 0 Å². The molecule has 5 heteroatoms. The summed E-state index contributed by atoms with van der Waals surface area (Å²) in [6.07, 6.45) is 2.62. The second-order valence-electron chi connectivity index (χ2n) is 6.99. The van der Waals surface area contributed by atoms with Crippen LogP contribution in [-0.2, 0) is 14.3 Å². The van der Waals surface area contributed by atoms with Gasteiger partial charge in [-0.1, -0.05) is 0 Å². The minimum Gasteiger partial charge on any atom is -0.468 e. The van der Waals surface area contributed by atoms with E-state index in [1.54, 1.807) is 0 Å². The Kier molecular flexibility index (Phi) is 5.28. The van der Waals surface area contributed by atoms with Gasteiger partial charge in [0.05, 0.1) is 19.3 Å². The molecule has 1 aliphatic carbocycles. The molecule has 1 heterocycles. The lowest BCUT2D eigenvalue weighted by Crippen LogP contribution is -2.64. The van der Waals surface area contributed by atoms with Crippen molar-refractivity contribution in [2.24, 2.45) is 5.92 Å². The molecule has 0 aromatic heterocycles. The second-order valence-corrected chi connectivity index (χ2v) is 6.99. The molecule has 122 valence electrons. The van der Waals surface area contributed by atoms with Crippen molar-refractivity contribution in [3.63, 3.8) is 0 Å². The monoisotopic (exact) mass is 298 g/mol. The Balaban J connectivity index is 2.16. The highest BCUT2D eigenvalue weighted by Gasteiger charge is 2.53. The number of carbonyl (C=O) groups is 1. The van der Waals surface area contributed by atoms with Crippen LogP contribution in [0.2, 0.25) is 0 Å². The quantitative estimate of drug-likeness (QED) is 0.752. The summed E-state index contributed by atoms with van der Waals surface area (Å²) >= 11 is 0. The third-order valence-electron chi connectivity index (χ3n) is 4.34. The van der Waals surface area contributed by atoms with Gasteiger partial charge in [0.2, 0.25) is 0 Å². The van der Waals surface area contributed by atoms with E-state index in [0.717, 1.165) is 25.9 Å². The van der Waals surface area contributed by atoms with Gasteiger partial charge < -0.3 is 9.47 Å². The Morgan fingerprint density at radius 2 is 1.90 bits per heavy atom. The highest BCUT2D eigenvalue weighted by Crippen LogP contribution is 2.41. The van der Waals surface area contributed by atoms with Gasteiger partial charge in [-0.2, -0.15) is 0 Å². The molecule has 2 aliphatic rings. The van der Waals surface area contributed by atoms with Gasteiger partial charge in [0, 0.05) is 25.7 Å². The zero-order valence-corrected chi connectivity index (χ0v) is 14.0. The lowest BCUT2D eigenvalue weighted by atomic mass is 9.90. The maximum atomic E-state index is 12.5. The SMILES string of the molecule is COC(=O)C(CN1CC(C)OC(C)C1)(NC(C)C)C1CC1. The van der Waals surface area contributed by atoms with E-state index in [9.17, 15) is 4.79 Å². The third-order valence-corrected chi connectivity index (χ3v) is 4.34. The number of methoxy groups -OCH3 is 1. The molecule has 1 aliphatic heterocycles. The van der Waals surface area contributed by atoms with Crippen LogP contribution in [0.15, 0.2) is 0 Å². The zero-order valence-electron chi connectivity index (χ0n) is 14.0. The number of morpholine rings is 1. The van der Waals surface area contributed by atoms with Crippen molar-refractivity contribution in [3.05, 3.63) is 0 Å². The minimum absolute atomic E-state index is 0.120. The Bertz CT molecular complexity index is 361. The first-order valence-corrected chi connectivity index (χ1v) is 8.11. The fourth-order valence-electron chi connectivity index (χ4n) is 3.62. The minimum atomic E-state index is -0.570. The van der Waals surface area contributed by atoms with E-state index in [0.29, 0.717) is 12.5 Å². The van der Waals surface area contributed by atoms with Crippen LogP contribution in [0.25, 0.3) is 0 Å². The summed E-state index contributed by atoms with van der Waals surface area (Å²) in [5, 5.41) is 3.53. The average Bonchev–Trinajstić information content (AvgIpc) is 3.19. The molecule has 1 saturated carbocycles. The highest BCUT2D eigenvalue weighted by molar-refractivity contribution is 5.82. The number of rotatable bonds is 6. The van der Waals surface area contributed by atoms with E-state index in [4.69, 9.17) is 9.47 Å². The predicted molar refractivity (Wildman–Crippen MR) is 82.2 cm³/mol. The van der Waals surface area contributed by atoms with Crippen molar-refractivity contribution in [1.29, 1.82) is 0 Å². The first kappa shape index (κ1) is 16.7. The summed E-state index contributed by atoms with van der Waals surface area (Å²) in [4.78, 5) is 14.9. The summed E-state index contributed by atoms with van der Waals surface area (Å²) in [7, 11) is 1.49. The van der Waals surface area contributed by atoms with Gasteiger partial charge in [-0.3, -0.25) is 10.2 Å². The molecule has 1 N–H and O–H groups in total. The van der Waals surface area contributed by atoms with Crippen LogP contribution in [0.1, 0.15) is 40.5 Å². The molecule has 3 unspecified atom stereocenters. The number of carbonyl (C=O) groups excluding carboxylic acids is 1. The van der Waals surface area contributed by atoms with E-state index in [1.807, 2.05) is 0 Å². The first-order chi connectivity index (χ1) is 9.87. The van der Waals surface area contributed by atoms with Crippen LogP contribution in [0.5, 0.6) is 0 Å². The van der Waals surface area contributed by atoms with E-state index in [-0.39, 0.29) is 24.2 Å². The summed E-state index contributed by atoms with van der Waals surface area (Å²) in [5.74, 6) is 0.270. The van der Waals surface area contributed by atoms with Gasteiger partial charge >= 0.3 is 5.97 Å². The summed E-state index contributed by atoms with van der Waals surface area (Å²) in [6.45, 7) is 10.8. The molecule has 1 saturated heterocycles. The highest BCUT2D eigenvalue weighted by atomic mass is 16.5. The Hall–Kier alpha value is -0.650. The normalized spacial score (nSPS) is 30.2. The fraction of sp³-hybridized carbons (Fsp3) is 0.938. The van der Waals surface area contributed by atoms with Crippen LogP contribution in [0.3, 0.4) is 0 Å². The van der Waals surface area contributed by atoms with Crippen LogP contribution in [-0.4, -0.2) is 61.4 Å². The van der Waals surface area contributed by atoms with Gasteiger partial charge in [0.15, 0.2) is 0 Å². The lowest BCUT2D eigenvalue weighted by Gasteiger charge is -2.42. The number of hydrogen-bond donors (Lipinski definition) is 1. The van der Waals surface area contributed by atoms with Crippen LogP contribution < -0.4 is 5.32 Å². The van der Waals surface area contributed by atoms with Gasteiger partial charge in [0.25, 0.3) is 0 Å². The van der Waals surface area contributed by atoms with Crippen molar-refractivity contribution in [1.82, 2.24) is 10.2 Å². The first-order valence-electron chi connectivity index (χ1n) is 8.11. The van der Waals surface area contributed by atoms with Gasteiger partial charge in [-0.05, 0) is 46.5 Å². The average molecular weight is 298 g/mol. The van der Waals surface area contributed by atoms with E-state index in [1.165, 1.54) is 7.11 Å². The number of nitrogens with one attached hydrogen (secondary N) is 1. The summed E-state index contributed by atoms with van der Waals surface area (Å²) in [5.41, 5.74) is -0.570. The van der Waals surface area contributed by atoms with Crippen LogP contribution in [0, 0.1) is 5.92 Å².